The molecule has 9 rings (SSSR count). The third kappa shape index (κ3) is 6.57. The van der Waals surface area contributed by atoms with E-state index in [9.17, 15) is 0 Å². The molecule has 0 atom stereocenters. The van der Waals surface area contributed by atoms with Gasteiger partial charge in [-0.05, 0) is 177 Å². The van der Waals surface area contributed by atoms with E-state index in [0.29, 0.717) is 0 Å². The van der Waals surface area contributed by atoms with Gasteiger partial charge in [0.2, 0.25) is 0 Å². The summed E-state index contributed by atoms with van der Waals surface area (Å²) >= 11 is 0. The normalized spacial score (nSPS) is 14.3. The molecular weight excluding hydrogens is 699 g/mol. The van der Waals surface area contributed by atoms with Gasteiger partial charge in [0.1, 0.15) is 0 Å². The van der Waals surface area contributed by atoms with Gasteiger partial charge >= 0.3 is 0 Å². The molecule has 0 saturated heterocycles. The van der Waals surface area contributed by atoms with E-state index in [4.69, 9.17) is 6.58 Å². The number of aryl methyl sites for hydroxylation is 3. The molecule has 0 spiro atoms. The Labute approximate surface area is 344 Å². The van der Waals surface area contributed by atoms with Crippen molar-refractivity contribution in [3.05, 3.63) is 227 Å². The van der Waals surface area contributed by atoms with Crippen LogP contribution in [0.15, 0.2) is 188 Å². The molecule has 1 aliphatic carbocycles. The van der Waals surface area contributed by atoms with Gasteiger partial charge in [-0.1, -0.05) is 146 Å². The average Bonchev–Trinajstić information content (AvgIpc) is 3.31. The highest BCUT2D eigenvalue weighted by atomic mass is 15.2. The lowest BCUT2D eigenvalue weighted by Crippen LogP contribution is -2.20. The van der Waals surface area contributed by atoms with Gasteiger partial charge in [0, 0.05) is 17.1 Å². The molecule has 0 bridgehead atoms. The SMILES string of the molecule is C=C1Cc2ccccc2C/C=C\C=C/1N(c1ccc2ccc3cc(-c4ccccc4C)c(C)c(-c4ccccc4C)c3c2c1)c1cccc(-c2ccccc2C)c1C. The third-order valence-corrected chi connectivity index (χ3v) is 12.3. The van der Waals surface area contributed by atoms with Gasteiger partial charge in [-0.25, -0.2) is 0 Å². The van der Waals surface area contributed by atoms with Gasteiger partial charge in [-0.3, -0.25) is 0 Å². The fraction of sp³-hybridized carbons (Fsp3) is 0.123. The van der Waals surface area contributed by atoms with Crippen molar-refractivity contribution in [2.45, 2.75) is 47.5 Å². The molecule has 0 amide bonds. The number of fused-ring (bicyclic) bond motifs is 4. The highest BCUT2D eigenvalue weighted by Crippen LogP contribution is 2.46. The summed E-state index contributed by atoms with van der Waals surface area (Å²) in [6.45, 7) is 16.1. The minimum atomic E-state index is 0.769. The number of hydrogen-bond acceptors (Lipinski definition) is 1. The average molecular weight is 748 g/mol. The van der Waals surface area contributed by atoms with E-state index in [2.05, 4.69) is 209 Å². The molecule has 0 saturated carbocycles. The van der Waals surface area contributed by atoms with Crippen LogP contribution < -0.4 is 4.90 Å². The van der Waals surface area contributed by atoms with Gasteiger partial charge in [0.25, 0.3) is 0 Å². The lowest BCUT2D eigenvalue weighted by molar-refractivity contribution is 1.06. The monoisotopic (exact) mass is 747 g/mol. The number of nitrogens with zero attached hydrogens (tertiary/aromatic N) is 1. The zero-order valence-corrected chi connectivity index (χ0v) is 34.2. The second-order valence-corrected chi connectivity index (χ2v) is 16.0. The Morgan fingerprint density at radius 1 is 0.500 bits per heavy atom. The molecule has 0 fully saturated rings. The summed E-state index contributed by atoms with van der Waals surface area (Å²) in [5, 5.41) is 4.97. The molecule has 282 valence electrons. The minimum Gasteiger partial charge on any atom is -0.310 e. The van der Waals surface area contributed by atoms with E-state index in [1.54, 1.807) is 0 Å². The first-order valence-corrected chi connectivity index (χ1v) is 20.5. The van der Waals surface area contributed by atoms with Crippen molar-refractivity contribution >= 4 is 32.9 Å². The fourth-order valence-electron chi connectivity index (χ4n) is 9.19. The first-order valence-electron chi connectivity index (χ1n) is 20.5. The van der Waals surface area contributed by atoms with Crippen molar-refractivity contribution in [1.29, 1.82) is 0 Å². The van der Waals surface area contributed by atoms with Crippen LogP contribution in [0.4, 0.5) is 11.4 Å². The van der Waals surface area contributed by atoms with Crippen LogP contribution in [-0.2, 0) is 12.8 Å². The van der Waals surface area contributed by atoms with Crippen LogP contribution in [0, 0.1) is 34.6 Å². The van der Waals surface area contributed by atoms with E-state index in [0.717, 1.165) is 35.5 Å². The molecule has 0 radical (unpaired) electrons. The third-order valence-electron chi connectivity index (χ3n) is 12.3. The number of hydrogen-bond donors (Lipinski definition) is 0. The van der Waals surface area contributed by atoms with E-state index < -0.39 is 0 Å². The predicted octanol–water partition coefficient (Wildman–Crippen LogP) is 15.5. The summed E-state index contributed by atoms with van der Waals surface area (Å²) in [7, 11) is 0. The molecule has 1 aliphatic rings. The van der Waals surface area contributed by atoms with Crippen molar-refractivity contribution in [2.24, 2.45) is 0 Å². The maximum Gasteiger partial charge on any atom is 0.0497 e. The highest BCUT2D eigenvalue weighted by molar-refractivity contribution is 6.17. The zero-order chi connectivity index (χ0) is 39.9. The summed E-state index contributed by atoms with van der Waals surface area (Å²) in [5.41, 5.74) is 21.1. The second kappa shape index (κ2) is 15.3. The van der Waals surface area contributed by atoms with Gasteiger partial charge in [0.15, 0.2) is 0 Å². The maximum absolute atomic E-state index is 4.82. The molecule has 0 heterocycles. The Bertz CT molecular complexity index is 2970. The van der Waals surface area contributed by atoms with E-state index in [-0.39, 0.29) is 0 Å². The molecule has 0 aromatic heterocycles. The van der Waals surface area contributed by atoms with Gasteiger partial charge in [-0.15, -0.1) is 0 Å². The van der Waals surface area contributed by atoms with Crippen molar-refractivity contribution in [1.82, 2.24) is 0 Å². The Morgan fingerprint density at radius 3 is 1.79 bits per heavy atom. The molecule has 0 unspecified atom stereocenters. The van der Waals surface area contributed by atoms with Crippen molar-refractivity contribution in [2.75, 3.05) is 4.90 Å². The van der Waals surface area contributed by atoms with Crippen LogP contribution in [-0.4, -0.2) is 0 Å². The molecule has 58 heavy (non-hydrogen) atoms. The molecule has 8 aromatic rings. The van der Waals surface area contributed by atoms with Gasteiger partial charge < -0.3 is 4.90 Å². The largest absolute Gasteiger partial charge is 0.310 e. The topological polar surface area (TPSA) is 3.24 Å². The minimum absolute atomic E-state index is 0.769. The van der Waals surface area contributed by atoms with Crippen LogP contribution in [0.5, 0.6) is 0 Å². The van der Waals surface area contributed by atoms with E-state index in [1.807, 2.05) is 0 Å². The zero-order valence-electron chi connectivity index (χ0n) is 34.2. The van der Waals surface area contributed by atoms with Gasteiger partial charge in [-0.2, -0.15) is 0 Å². The summed E-state index contributed by atoms with van der Waals surface area (Å²) in [5.74, 6) is 0. The fourth-order valence-corrected chi connectivity index (χ4v) is 9.19. The molecule has 0 N–H and O–H groups in total. The van der Waals surface area contributed by atoms with Crippen molar-refractivity contribution in [3.8, 4) is 33.4 Å². The summed E-state index contributed by atoms with van der Waals surface area (Å²) in [6, 6.07) is 56.0. The van der Waals surface area contributed by atoms with Crippen LogP contribution >= 0.6 is 0 Å². The number of anilines is 2. The number of benzene rings is 8. The predicted molar refractivity (Wildman–Crippen MR) is 250 cm³/mol. The van der Waals surface area contributed by atoms with Crippen LogP contribution in [0.3, 0.4) is 0 Å². The summed E-state index contributed by atoms with van der Waals surface area (Å²) < 4.78 is 0. The lowest BCUT2D eigenvalue weighted by atomic mass is 9.84. The highest BCUT2D eigenvalue weighted by Gasteiger charge is 2.24. The molecule has 1 nitrogen and oxygen atoms in total. The summed E-state index contributed by atoms with van der Waals surface area (Å²) in [6.07, 6.45) is 8.44. The Kier molecular flexibility index (Phi) is 9.76. The lowest BCUT2D eigenvalue weighted by Gasteiger charge is -2.32. The molecule has 1 heteroatoms. The first kappa shape index (κ1) is 36.9. The Hall–Kier alpha value is -6.70. The Balaban J connectivity index is 1.33. The van der Waals surface area contributed by atoms with Crippen molar-refractivity contribution in [3.63, 3.8) is 0 Å². The standard InChI is InChI=1S/C57H49N/c1-37-18-7-13-24-48(37)51-27-17-29-55(41(51)5)58(54-28-16-12-22-43-21-10-11-23-45(43)34-40(54)4)47-33-32-44-30-31-46-35-52(49-25-14-8-19-38(49)2)42(6)56(57(46)53(44)36-47)50-26-15-9-20-39(50)3/h7-21,23-33,35-36H,4,22,34H2,1-3,5-6H3/b16-12-,54-28+. The van der Waals surface area contributed by atoms with E-state index >= 15 is 0 Å². The van der Waals surface area contributed by atoms with Gasteiger partial charge in [0.05, 0.1) is 0 Å². The molecule has 8 aromatic carbocycles. The molecule has 0 aliphatic heterocycles. The van der Waals surface area contributed by atoms with Crippen LogP contribution in [0.1, 0.15) is 38.9 Å². The smallest absolute Gasteiger partial charge is 0.0497 e. The molecular formula is C57H49N. The number of rotatable bonds is 6. The number of allylic oxidation sites excluding steroid dienone is 4. The Morgan fingerprint density at radius 2 is 1.09 bits per heavy atom. The second-order valence-electron chi connectivity index (χ2n) is 16.0. The quantitative estimate of drug-likeness (QED) is 0.153. The summed E-state index contributed by atoms with van der Waals surface area (Å²) in [4.78, 5) is 2.47. The first-order chi connectivity index (χ1) is 28.3. The maximum atomic E-state index is 4.82. The van der Waals surface area contributed by atoms with Crippen LogP contribution in [0.2, 0.25) is 0 Å². The van der Waals surface area contributed by atoms with Crippen molar-refractivity contribution < 1.29 is 0 Å². The van der Waals surface area contributed by atoms with E-state index in [1.165, 1.54) is 93.9 Å². The van der Waals surface area contributed by atoms with Crippen LogP contribution in [0.25, 0.3) is 54.9 Å².